The lowest BCUT2D eigenvalue weighted by Gasteiger charge is -2.11. The first-order chi connectivity index (χ1) is 12.7. The van der Waals surface area contributed by atoms with E-state index in [2.05, 4.69) is 15.3 Å². The van der Waals surface area contributed by atoms with Crippen LogP contribution < -0.4 is 16.8 Å². The van der Waals surface area contributed by atoms with E-state index >= 15 is 0 Å². The number of hydrogen-bond donors (Lipinski definition) is 3. The highest BCUT2D eigenvalue weighted by Crippen LogP contribution is 2.24. The van der Waals surface area contributed by atoms with Gasteiger partial charge in [0.1, 0.15) is 0 Å². The third-order valence-electron chi connectivity index (χ3n) is 3.78. The maximum atomic E-state index is 6.19. The van der Waals surface area contributed by atoms with Gasteiger partial charge in [-0.05, 0) is 48.0 Å². The molecule has 5 N–H and O–H groups in total. The summed E-state index contributed by atoms with van der Waals surface area (Å²) in [5.41, 5.74) is 17.2. The fourth-order valence-electron chi connectivity index (χ4n) is 2.44. The highest BCUT2D eigenvalue weighted by Gasteiger charge is 2.04. The molecule has 0 saturated heterocycles. The van der Waals surface area contributed by atoms with E-state index < -0.39 is 0 Å². The van der Waals surface area contributed by atoms with E-state index in [0.717, 1.165) is 22.5 Å². The first-order valence-electron chi connectivity index (χ1n) is 8.29. The monoisotopic (exact) mass is 343 g/mol. The maximum Gasteiger partial charge on any atom is 0.0654 e. The summed E-state index contributed by atoms with van der Waals surface area (Å²) in [7, 11) is 0. The molecule has 0 atom stereocenters. The Hall–Kier alpha value is -3.60. The molecule has 0 saturated carbocycles. The van der Waals surface area contributed by atoms with Gasteiger partial charge >= 0.3 is 0 Å². The molecule has 0 aliphatic rings. The normalized spacial score (nSPS) is 11.6. The van der Waals surface area contributed by atoms with E-state index in [9.17, 15) is 0 Å². The number of benzene rings is 2. The first-order valence-corrected chi connectivity index (χ1v) is 8.29. The molecule has 0 bridgehead atoms. The molecule has 0 radical (unpaired) electrons. The van der Waals surface area contributed by atoms with Crippen molar-refractivity contribution in [1.29, 1.82) is 0 Å². The van der Waals surface area contributed by atoms with Crippen LogP contribution >= 0.6 is 0 Å². The number of allylic oxidation sites excluding steroid dienone is 1. The van der Waals surface area contributed by atoms with Gasteiger partial charge < -0.3 is 16.8 Å². The molecule has 0 fully saturated rings. The number of hydrogen-bond acceptors (Lipinski definition) is 5. The largest absolute Gasteiger partial charge is 0.398 e. The van der Waals surface area contributed by atoms with E-state index in [1.807, 2.05) is 60.7 Å². The van der Waals surface area contributed by atoms with E-state index in [4.69, 9.17) is 11.5 Å². The van der Waals surface area contributed by atoms with Gasteiger partial charge in [0.2, 0.25) is 0 Å². The summed E-state index contributed by atoms with van der Waals surface area (Å²) in [4.78, 5) is 8.41. The Kier molecular flexibility index (Phi) is 5.62. The minimum absolute atomic E-state index is 0.558. The van der Waals surface area contributed by atoms with Crippen LogP contribution in [0.3, 0.4) is 0 Å². The molecule has 1 aromatic heterocycles. The molecule has 0 unspecified atom stereocenters. The zero-order valence-corrected chi connectivity index (χ0v) is 14.3. The summed E-state index contributed by atoms with van der Waals surface area (Å²) in [6.07, 6.45) is 6.99. The fraction of sp³-hybridized carbons (Fsp3) is 0.0476. The third kappa shape index (κ3) is 4.70. The van der Waals surface area contributed by atoms with E-state index in [1.54, 1.807) is 24.7 Å². The summed E-state index contributed by atoms with van der Waals surface area (Å²) in [6, 6.07) is 19.5. The van der Waals surface area contributed by atoms with Crippen LogP contribution in [0, 0.1) is 0 Å². The molecule has 3 rings (SSSR count). The number of para-hydroxylation sites is 1. The van der Waals surface area contributed by atoms with Gasteiger partial charge in [0, 0.05) is 46.9 Å². The Bertz CT molecular complexity index is 902. The summed E-state index contributed by atoms with van der Waals surface area (Å²) in [6.45, 7) is 0.558. The Morgan fingerprint density at radius 2 is 1.88 bits per heavy atom. The van der Waals surface area contributed by atoms with Crippen LogP contribution in [0.25, 0.3) is 5.70 Å². The van der Waals surface area contributed by atoms with Crippen LogP contribution in [-0.2, 0) is 6.54 Å². The zero-order chi connectivity index (χ0) is 18.2. The van der Waals surface area contributed by atoms with Gasteiger partial charge in [0.25, 0.3) is 0 Å². The molecule has 3 aromatic rings. The predicted octanol–water partition coefficient (Wildman–Crippen LogP) is 3.98. The topological polar surface area (TPSA) is 89.3 Å². The standard InChI is InChI=1S/C21H21N5/c22-20-9-8-18(26-17-6-2-1-3-7-17)13-19(20)21(23)10-12-25-15-16-5-4-11-24-14-16/h1-14,26H,15,22-23H2/b21-10-,25-12?. The Morgan fingerprint density at radius 3 is 2.65 bits per heavy atom. The number of aromatic nitrogens is 1. The molecule has 0 amide bonds. The van der Waals surface area contributed by atoms with Crippen molar-refractivity contribution in [2.75, 3.05) is 11.1 Å². The van der Waals surface area contributed by atoms with Crippen molar-refractivity contribution in [1.82, 2.24) is 4.98 Å². The van der Waals surface area contributed by atoms with Crippen molar-refractivity contribution < 1.29 is 0 Å². The lowest BCUT2D eigenvalue weighted by atomic mass is 10.1. The number of nitrogens with zero attached hydrogens (tertiary/aromatic N) is 2. The Morgan fingerprint density at radius 1 is 1.04 bits per heavy atom. The van der Waals surface area contributed by atoms with Gasteiger partial charge in [-0.2, -0.15) is 0 Å². The molecule has 130 valence electrons. The Balaban J connectivity index is 1.71. The van der Waals surface area contributed by atoms with Crippen LogP contribution in [-0.4, -0.2) is 11.2 Å². The molecule has 5 heteroatoms. The zero-order valence-electron chi connectivity index (χ0n) is 14.3. The predicted molar refractivity (Wildman–Crippen MR) is 109 cm³/mol. The molecule has 1 heterocycles. The number of nitrogen functional groups attached to an aromatic ring is 1. The average Bonchev–Trinajstić information content (AvgIpc) is 2.68. The third-order valence-corrected chi connectivity index (χ3v) is 3.78. The van der Waals surface area contributed by atoms with Gasteiger partial charge in [0.05, 0.1) is 6.54 Å². The molecular formula is C21H21N5. The summed E-state index contributed by atoms with van der Waals surface area (Å²) < 4.78 is 0. The molecule has 2 aromatic carbocycles. The quantitative estimate of drug-likeness (QED) is 0.466. The van der Waals surface area contributed by atoms with E-state index in [1.165, 1.54) is 0 Å². The lowest BCUT2D eigenvalue weighted by Crippen LogP contribution is -2.02. The first kappa shape index (κ1) is 17.2. The van der Waals surface area contributed by atoms with Crippen LogP contribution in [0.4, 0.5) is 17.1 Å². The van der Waals surface area contributed by atoms with Gasteiger partial charge in [-0.25, -0.2) is 0 Å². The number of nitrogens with two attached hydrogens (primary N) is 2. The van der Waals surface area contributed by atoms with Crippen molar-refractivity contribution in [3.05, 3.63) is 90.3 Å². The van der Waals surface area contributed by atoms with Crippen molar-refractivity contribution in [3.63, 3.8) is 0 Å². The van der Waals surface area contributed by atoms with Gasteiger partial charge in [0.15, 0.2) is 0 Å². The number of anilines is 3. The summed E-state index contributed by atoms with van der Waals surface area (Å²) >= 11 is 0. The number of pyridine rings is 1. The molecule has 0 aliphatic heterocycles. The van der Waals surface area contributed by atoms with Gasteiger partial charge in [-0.3, -0.25) is 9.98 Å². The highest BCUT2D eigenvalue weighted by molar-refractivity contribution is 5.87. The Labute approximate surface area is 153 Å². The smallest absolute Gasteiger partial charge is 0.0654 e. The van der Waals surface area contributed by atoms with E-state index in [0.29, 0.717) is 17.9 Å². The van der Waals surface area contributed by atoms with Gasteiger partial charge in [-0.15, -0.1) is 0 Å². The highest BCUT2D eigenvalue weighted by atomic mass is 14.9. The van der Waals surface area contributed by atoms with Gasteiger partial charge in [-0.1, -0.05) is 24.3 Å². The van der Waals surface area contributed by atoms with E-state index in [-0.39, 0.29) is 0 Å². The van der Waals surface area contributed by atoms with Crippen molar-refractivity contribution in [3.8, 4) is 0 Å². The van der Waals surface area contributed by atoms with Crippen molar-refractivity contribution in [2.45, 2.75) is 6.54 Å². The number of aliphatic imine (C=N–C) groups is 1. The van der Waals surface area contributed by atoms with Crippen molar-refractivity contribution in [2.24, 2.45) is 10.7 Å². The SMILES string of the molecule is N/C(=C\C=NCc1cccnc1)c1cc(Nc2ccccc2)ccc1N. The van der Waals surface area contributed by atoms with Crippen LogP contribution in [0.1, 0.15) is 11.1 Å². The van der Waals surface area contributed by atoms with Crippen LogP contribution in [0.5, 0.6) is 0 Å². The molecule has 0 spiro atoms. The number of nitrogens with one attached hydrogen (secondary N) is 1. The second-order valence-corrected chi connectivity index (χ2v) is 5.77. The fourth-order valence-corrected chi connectivity index (χ4v) is 2.44. The van der Waals surface area contributed by atoms with Crippen LogP contribution in [0.15, 0.2) is 84.1 Å². The van der Waals surface area contributed by atoms with Crippen LogP contribution in [0.2, 0.25) is 0 Å². The minimum Gasteiger partial charge on any atom is -0.398 e. The lowest BCUT2D eigenvalue weighted by molar-refractivity contribution is 1.05. The molecular weight excluding hydrogens is 322 g/mol. The second-order valence-electron chi connectivity index (χ2n) is 5.77. The van der Waals surface area contributed by atoms with Crippen molar-refractivity contribution >= 4 is 29.0 Å². The molecule has 0 aliphatic carbocycles. The average molecular weight is 343 g/mol. The second kappa shape index (κ2) is 8.48. The molecule has 5 nitrogen and oxygen atoms in total. The summed E-state index contributed by atoms with van der Waals surface area (Å²) in [5.74, 6) is 0. The summed E-state index contributed by atoms with van der Waals surface area (Å²) in [5, 5.41) is 3.34. The minimum atomic E-state index is 0.558. The molecule has 26 heavy (non-hydrogen) atoms. The maximum absolute atomic E-state index is 6.19. The number of rotatable bonds is 6.